The van der Waals surface area contributed by atoms with Gasteiger partial charge in [-0.25, -0.2) is 0 Å². The molecule has 136 valence electrons. The predicted octanol–water partition coefficient (Wildman–Crippen LogP) is 6.76. The minimum atomic E-state index is -0.617. The Morgan fingerprint density at radius 1 is 0.667 bits per heavy atom. The van der Waals surface area contributed by atoms with E-state index in [4.69, 9.17) is 0 Å². The second kappa shape index (κ2) is 8.98. The number of allylic oxidation sites excluding steroid dienone is 3. The van der Waals surface area contributed by atoms with E-state index in [1.807, 2.05) is 0 Å². The molecular formula is C26H27P. The molecule has 3 aromatic rings. The van der Waals surface area contributed by atoms with Gasteiger partial charge in [0, 0.05) is 0 Å². The van der Waals surface area contributed by atoms with Crippen molar-refractivity contribution in [2.24, 2.45) is 5.41 Å². The van der Waals surface area contributed by atoms with Crippen LogP contribution in [-0.4, -0.2) is 0 Å². The summed E-state index contributed by atoms with van der Waals surface area (Å²) in [6.45, 7) is 6.74. The van der Waals surface area contributed by atoms with E-state index in [0.29, 0.717) is 0 Å². The molecule has 0 saturated carbocycles. The van der Waals surface area contributed by atoms with E-state index in [1.165, 1.54) is 21.5 Å². The molecule has 0 N–H and O–H groups in total. The van der Waals surface area contributed by atoms with Crippen molar-refractivity contribution in [1.82, 2.24) is 0 Å². The Labute approximate surface area is 165 Å². The summed E-state index contributed by atoms with van der Waals surface area (Å²) in [4.78, 5) is 0. The Morgan fingerprint density at radius 2 is 1.11 bits per heavy atom. The summed E-state index contributed by atoms with van der Waals surface area (Å²) in [6, 6.07) is 32.4. The zero-order valence-corrected chi connectivity index (χ0v) is 17.2. The van der Waals surface area contributed by atoms with Gasteiger partial charge in [-0.2, -0.15) is 0 Å². The first-order chi connectivity index (χ1) is 13.0. The Balaban J connectivity index is 2.16. The van der Waals surface area contributed by atoms with Crippen molar-refractivity contribution in [1.29, 1.82) is 0 Å². The third-order valence-corrected chi connectivity index (χ3v) is 6.58. The summed E-state index contributed by atoms with van der Waals surface area (Å²) >= 11 is 0. The normalized spacial score (nSPS) is 12.7. The van der Waals surface area contributed by atoms with E-state index in [-0.39, 0.29) is 5.41 Å². The molecule has 3 aromatic carbocycles. The number of benzene rings is 3. The molecule has 27 heavy (non-hydrogen) atoms. The van der Waals surface area contributed by atoms with E-state index >= 15 is 0 Å². The topological polar surface area (TPSA) is 0 Å². The van der Waals surface area contributed by atoms with Gasteiger partial charge < -0.3 is 0 Å². The lowest BCUT2D eigenvalue weighted by molar-refractivity contribution is 0.544. The van der Waals surface area contributed by atoms with Crippen LogP contribution in [0.15, 0.2) is 108 Å². The molecule has 0 radical (unpaired) electrons. The van der Waals surface area contributed by atoms with E-state index in [1.54, 1.807) is 0 Å². The molecule has 0 spiro atoms. The minimum absolute atomic E-state index is 0.143. The molecule has 0 amide bonds. The maximum absolute atomic E-state index is 2.34. The largest absolute Gasteiger partial charge is 0.0785 e. The average molecular weight is 370 g/mol. The Hall–Kier alpha value is -2.43. The van der Waals surface area contributed by atoms with Gasteiger partial charge in [0.2, 0.25) is 0 Å². The molecule has 0 unspecified atom stereocenters. The SMILES string of the molecule is CC(C)(C)/C=C/C(=C\c1ccccc1)P(c1ccccc1)c1ccccc1. The van der Waals surface area contributed by atoms with Gasteiger partial charge in [0.1, 0.15) is 0 Å². The van der Waals surface area contributed by atoms with Crippen LogP contribution < -0.4 is 10.6 Å². The maximum Gasteiger partial charge on any atom is -0.0134 e. The first kappa shape index (κ1) is 19.3. The third kappa shape index (κ3) is 5.78. The van der Waals surface area contributed by atoms with E-state index in [2.05, 4.69) is 130 Å². The second-order valence-corrected chi connectivity index (χ2v) is 9.91. The minimum Gasteiger partial charge on any atom is -0.0785 e. The van der Waals surface area contributed by atoms with Crippen molar-refractivity contribution in [3.05, 3.63) is 114 Å². The van der Waals surface area contributed by atoms with Crippen LogP contribution in [-0.2, 0) is 0 Å². The van der Waals surface area contributed by atoms with Gasteiger partial charge in [0.05, 0.1) is 0 Å². The van der Waals surface area contributed by atoms with Gasteiger partial charge in [-0.15, -0.1) is 0 Å². The molecule has 0 atom stereocenters. The van der Waals surface area contributed by atoms with Crippen molar-refractivity contribution < 1.29 is 0 Å². The zero-order chi connectivity index (χ0) is 19.1. The molecular weight excluding hydrogens is 343 g/mol. The Morgan fingerprint density at radius 3 is 1.56 bits per heavy atom. The van der Waals surface area contributed by atoms with E-state index in [9.17, 15) is 0 Å². The van der Waals surface area contributed by atoms with Gasteiger partial charge in [0.15, 0.2) is 0 Å². The molecule has 0 bridgehead atoms. The highest BCUT2D eigenvalue weighted by atomic mass is 31.1. The predicted molar refractivity (Wildman–Crippen MR) is 122 cm³/mol. The molecule has 0 saturated heterocycles. The molecule has 1 heteroatoms. The highest BCUT2D eigenvalue weighted by Crippen LogP contribution is 2.45. The van der Waals surface area contributed by atoms with Crippen molar-refractivity contribution in [3.8, 4) is 0 Å². The Kier molecular flexibility index (Phi) is 6.43. The standard InChI is InChI=1S/C26H27P/c1-26(2,3)20-19-25(21-22-13-7-4-8-14-22)27(23-15-9-5-10-16-23)24-17-11-6-12-18-24/h4-21H,1-3H3/b20-19+,25-21+. The summed E-state index contributed by atoms with van der Waals surface area (Å²) in [5.41, 5.74) is 1.38. The smallest absolute Gasteiger partial charge is 0.0134 e. The van der Waals surface area contributed by atoms with Gasteiger partial charge in [-0.1, -0.05) is 124 Å². The van der Waals surface area contributed by atoms with Crippen LogP contribution in [0.4, 0.5) is 0 Å². The fraction of sp³-hybridized carbons (Fsp3) is 0.154. The Bertz CT molecular complexity index is 846. The van der Waals surface area contributed by atoms with E-state index in [0.717, 1.165) is 0 Å². The number of hydrogen-bond donors (Lipinski definition) is 0. The highest BCUT2D eigenvalue weighted by Gasteiger charge is 2.18. The molecule has 0 aliphatic carbocycles. The molecule has 0 aliphatic rings. The average Bonchev–Trinajstić information content (AvgIpc) is 2.68. The first-order valence-corrected chi connectivity index (χ1v) is 10.7. The molecule has 0 heterocycles. The van der Waals surface area contributed by atoms with Crippen LogP contribution >= 0.6 is 7.92 Å². The third-order valence-electron chi connectivity index (χ3n) is 4.16. The first-order valence-electron chi connectivity index (χ1n) is 9.39. The van der Waals surface area contributed by atoms with Gasteiger partial charge in [-0.3, -0.25) is 0 Å². The lowest BCUT2D eigenvalue weighted by Gasteiger charge is -2.22. The number of hydrogen-bond acceptors (Lipinski definition) is 0. The zero-order valence-electron chi connectivity index (χ0n) is 16.3. The van der Waals surface area contributed by atoms with Crippen molar-refractivity contribution in [2.75, 3.05) is 0 Å². The van der Waals surface area contributed by atoms with Crippen LogP contribution in [0.2, 0.25) is 0 Å². The summed E-state index contributed by atoms with van der Waals surface area (Å²) in [5, 5.41) is 4.11. The van der Waals surface area contributed by atoms with Crippen LogP contribution in [0.3, 0.4) is 0 Å². The summed E-state index contributed by atoms with van der Waals surface area (Å²) < 4.78 is 0. The van der Waals surface area contributed by atoms with Crippen LogP contribution in [0.1, 0.15) is 26.3 Å². The monoisotopic (exact) mass is 370 g/mol. The van der Waals surface area contributed by atoms with Crippen molar-refractivity contribution in [3.63, 3.8) is 0 Å². The molecule has 0 nitrogen and oxygen atoms in total. The summed E-state index contributed by atoms with van der Waals surface area (Å²) in [5.74, 6) is 0. The van der Waals surface area contributed by atoms with Gasteiger partial charge in [0.25, 0.3) is 0 Å². The van der Waals surface area contributed by atoms with Gasteiger partial charge in [-0.05, 0) is 40.9 Å². The van der Waals surface area contributed by atoms with Crippen LogP contribution in [0.5, 0.6) is 0 Å². The summed E-state index contributed by atoms with van der Waals surface area (Å²) in [6.07, 6.45) is 7.00. The van der Waals surface area contributed by atoms with Crippen molar-refractivity contribution in [2.45, 2.75) is 20.8 Å². The fourth-order valence-electron chi connectivity index (χ4n) is 2.84. The van der Waals surface area contributed by atoms with Gasteiger partial charge >= 0.3 is 0 Å². The van der Waals surface area contributed by atoms with E-state index < -0.39 is 7.92 Å². The molecule has 3 rings (SSSR count). The molecule has 0 aliphatic heterocycles. The van der Waals surface area contributed by atoms with Crippen molar-refractivity contribution >= 4 is 24.6 Å². The lowest BCUT2D eigenvalue weighted by Crippen LogP contribution is -2.12. The number of rotatable bonds is 5. The quantitative estimate of drug-likeness (QED) is 0.344. The molecule has 0 fully saturated rings. The second-order valence-electron chi connectivity index (χ2n) is 7.69. The van der Waals surface area contributed by atoms with Crippen LogP contribution in [0.25, 0.3) is 6.08 Å². The maximum atomic E-state index is 2.34. The van der Waals surface area contributed by atoms with Crippen LogP contribution in [0, 0.1) is 5.41 Å². The molecule has 0 aromatic heterocycles. The lowest BCUT2D eigenvalue weighted by atomic mass is 9.96. The highest BCUT2D eigenvalue weighted by molar-refractivity contribution is 7.77. The fourth-order valence-corrected chi connectivity index (χ4v) is 5.18. The summed E-state index contributed by atoms with van der Waals surface area (Å²) in [7, 11) is -0.617.